The van der Waals surface area contributed by atoms with Crippen LogP contribution in [-0.4, -0.2) is 23.1 Å². The lowest BCUT2D eigenvalue weighted by atomic mass is 9.73. The summed E-state index contributed by atoms with van der Waals surface area (Å²) in [5.74, 6) is 0.593. The minimum absolute atomic E-state index is 0.0641. The molecule has 3 aliphatic rings. The average Bonchev–Trinajstić information content (AvgIpc) is 2.90. The molecule has 1 atom stereocenters. The van der Waals surface area contributed by atoms with Crippen LogP contribution in [0.1, 0.15) is 85.2 Å². The minimum Gasteiger partial charge on any atom is -0.289 e. The lowest BCUT2D eigenvalue weighted by Crippen LogP contribution is -2.26. The maximum absolute atomic E-state index is 12.4. The van der Waals surface area contributed by atoms with Gasteiger partial charge in [-0.3, -0.25) is 19.2 Å². The highest BCUT2D eigenvalue weighted by molar-refractivity contribution is 6.28. The van der Waals surface area contributed by atoms with E-state index in [1.807, 2.05) is 12.1 Å². The highest BCUT2D eigenvalue weighted by Gasteiger charge is 2.35. The smallest absolute Gasteiger partial charge is 0.194 e. The molecule has 4 heteroatoms. The zero-order valence-electron chi connectivity index (χ0n) is 19.0. The molecular weight excluding hydrogens is 424 g/mol. The Kier molecular flexibility index (Phi) is 5.66. The fraction of sp³-hybridized carbons (Fsp3) is 0.200. The Balaban J connectivity index is 0.000000142. The minimum atomic E-state index is -0.0641. The second kappa shape index (κ2) is 8.79. The Bertz CT molecular complexity index is 1290. The largest absolute Gasteiger partial charge is 0.289 e. The molecule has 0 bridgehead atoms. The summed E-state index contributed by atoms with van der Waals surface area (Å²) in [7, 11) is 0. The van der Waals surface area contributed by atoms with Crippen molar-refractivity contribution in [2.75, 3.05) is 0 Å². The molecule has 0 saturated heterocycles. The fourth-order valence-electron chi connectivity index (χ4n) is 5.09. The van der Waals surface area contributed by atoms with Crippen LogP contribution in [0.4, 0.5) is 0 Å². The fourth-order valence-corrected chi connectivity index (χ4v) is 5.09. The third-order valence-corrected chi connectivity index (χ3v) is 7.03. The van der Waals surface area contributed by atoms with Crippen molar-refractivity contribution >= 4 is 23.1 Å². The molecular formula is C30H24O4. The van der Waals surface area contributed by atoms with E-state index in [1.54, 1.807) is 60.7 Å². The number of ketones is 4. The molecule has 0 radical (unpaired) electrons. The van der Waals surface area contributed by atoms with E-state index in [9.17, 15) is 19.2 Å². The van der Waals surface area contributed by atoms with Gasteiger partial charge in [-0.2, -0.15) is 0 Å². The molecule has 0 saturated carbocycles. The summed E-state index contributed by atoms with van der Waals surface area (Å²) in [4.78, 5) is 49.0. The molecule has 168 valence electrons. The Hall–Kier alpha value is -3.92. The summed E-state index contributed by atoms with van der Waals surface area (Å²) >= 11 is 0. The molecule has 0 fully saturated rings. The van der Waals surface area contributed by atoms with Gasteiger partial charge in [0.25, 0.3) is 0 Å². The summed E-state index contributed by atoms with van der Waals surface area (Å²) < 4.78 is 0. The molecule has 1 unspecified atom stereocenters. The maximum Gasteiger partial charge on any atom is 0.194 e. The van der Waals surface area contributed by atoms with Crippen molar-refractivity contribution in [3.63, 3.8) is 0 Å². The van der Waals surface area contributed by atoms with Gasteiger partial charge in [-0.25, -0.2) is 0 Å². The summed E-state index contributed by atoms with van der Waals surface area (Å²) in [6.07, 6.45) is 3.67. The van der Waals surface area contributed by atoms with E-state index in [2.05, 4.69) is 6.92 Å². The Morgan fingerprint density at radius 2 is 0.912 bits per heavy atom. The van der Waals surface area contributed by atoms with Gasteiger partial charge in [-0.05, 0) is 25.2 Å². The van der Waals surface area contributed by atoms with Crippen molar-refractivity contribution in [2.45, 2.75) is 32.6 Å². The van der Waals surface area contributed by atoms with E-state index in [0.29, 0.717) is 39.3 Å². The molecule has 3 aromatic carbocycles. The molecule has 0 aromatic heterocycles. The summed E-state index contributed by atoms with van der Waals surface area (Å²) in [5.41, 5.74) is 4.78. The second-order valence-electron chi connectivity index (χ2n) is 8.93. The number of fused-ring (bicyclic) bond motifs is 3. The van der Waals surface area contributed by atoms with Crippen molar-refractivity contribution in [3.8, 4) is 0 Å². The Labute approximate surface area is 198 Å². The first kappa shape index (κ1) is 21.9. The number of carbonyl (C=O) groups is 4. The Morgan fingerprint density at radius 3 is 1.29 bits per heavy atom. The van der Waals surface area contributed by atoms with E-state index in [4.69, 9.17) is 0 Å². The first-order chi connectivity index (χ1) is 16.5. The normalized spacial score (nSPS) is 18.3. The summed E-state index contributed by atoms with van der Waals surface area (Å²) in [6.45, 7) is 2.15. The molecule has 4 nitrogen and oxygen atoms in total. The van der Waals surface area contributed by atoms with Gasteiger partial charge >= 0.3 is 0 Å². The quantitative estimate of drug-likeness (QED) is 0.356. The standard InChI is InChI=1S/C16H16O2.C14H8O2/c1-2-10-7-8-13-14(9-10)16(18)12-6-4-3-5-11(12)15(13)17;15-13-9-5-1-2-6-10(9)14(16)12-8-4-3-7-11(12)13/h3-6,10H,2,7-9H2,1H3;1-8H. The number of Topliss-reactive ketones (excluding diaryl/α,β-unsaturated/α-hetero) is 2. The molecule has 34 heavy (non-hydrogen) atoms. The summed E-state index contributed by atoms with van der Waals surface area (Å²) in [6, 6.07) is 21.1. The zero-order valence-corrected chi connectivity index (χ0v) is 19.0. The van der Waals surface area contributed by atoms with Crippen LogP contribution < -0.4 is 0 Å². The average molecular weight is 449 g/mol. The maximum atomic E-state index is 12.4. The first-order valence-corrected chi connectivity index (χ1v) is 11.7. The lowest BCUT2D eigenvalue weighted by Gasteiger charge is -2.28. The Morgan fingerprint density at radius 1 is 0.559 bits per heavy atom. The van der Waals surface area contributed by atoms with Gasteiger partial charge < -0.3 is 0 Å². The van der Waals surface area contributed by atoms with Crippen LogP contribution in [0.2, 0.25) is 0 Å². The monoisotopic (exact) mass is 448 g/mol. The van der Waals surface area contributed by atoms with Gasteiger partial charge in [-0.1, -0.05) is 86.1 Å². The molecule has 0 spiro atoms. The summed E-state index contributed by atoms with van der Waals surface area (Å²) in [5, 5.41) is 0. The predicted molar refractivity (Wildman–Crippen MR) is 130 cm³/mol. The van der Waals surface area contributed by atoms with Gasteiger partial charge in [0.1, 0.15) is 0 Å². The van der Waals surface area contributed by atoms with E-state index < -0.39 is 0 Å². The first-order valence-electron chi connectivity index (χ1n) is 11.7. The molecule has 3 aromatic rings. The number of hydrogen-bond acceptors (Lipinski definition) is 4. The third kappa shape index (κ3) is 3.56. The van der Waals surface area contributed by atoms with Crippen molar-refractivity contribution in [3.05, 3.63) is 117 Å². The lowest BCUT2D eigenvalue weighted by molar-refractivity contribution is 0.0959. The van der Waals surface area contributed by atoms with E-state index in [-0.39, 0.29) is 23.1 Å². The van der Waals surface area contributed by atoms with Crippen molar-refractivity contribution in [2.24, 2.45) is 5.92 Å². The third-order valence-electron chi connectivity index (χ3n) is 7.03. The number of allylic oxidation sites excluding steroid dienone is 2. The van der Waals surface area contributed by atoms with E-state index in [1.165, 1.54) is 0 Å². The highest BCUT2D eigenvalue weighted by Crippen LogP contribution is 2.38. The zero-order chi connectivity index (χ0) is 23.8. The van der Waals surface area contributed by atoms with Crippen molar-refractivity contribution in [1.29, 1.82) is 0 Å². The van der Waals surface area contributed by atoms with Gasteiger partial charge in [0, 0.05) is 44.5 Å². The molecule has 0 aliphatic heterocycles. The van der Waals surface area contributed by atoms with Crippen LogP contribution in [0, 0.1) is 5.92 Å². The molecule has 0 amide bonds. The molecule has 6 rings (SSSR count). The second-order valence-corrected chi connectivity index (χ2v) is 8.93. The highest BCUT2D eigenvalue weighted by atomic mass is 16.1. The number of rotatable bonds is 1. The van der Waals surface area contributed by atoms with Crippen LogP contribution >= 0.6 is 0 Å². The van der Waals surface area contributed by atoms with Crippen molar-refractivity contribution < 1.29 is 19.2 Å². The number of benzene rings is 3. The number of carbonyl (C=O) groups excluding carboxylic acids is 4. The van der Waals surface area contributed by atoms with E-state index >= 15 is 0 Å². The number of hydrogen-bond donors (Lipinski definition) is 0. The predicted octanol–water partition coefficient (Wildman–Crippen LogP) is 6.03. The van der Waals surface area contributed by atoms with Gasteiger partial charge in [0.05, 0.1) is 0 Å². The SMILES string of the molecule is CCC1CCC2=C(C1)C(=O)c1ccccc1C2=O.O=C1c2ccccc2C(=O)c2ccccc21. The van der Waals surface area contributed by atoms with Crippen LogP contribution in [0.5, 0.6) is 0 Å². The van der Waals surface area contributed by atoms with E-state index in [0.717, 1.165) is 36.8 Å². The van der Waals surface area contributed by atoms with Crippen LogP contribution in [0.3, 0.4) is 0 Å². The van der Waals surface area contributed by atoms with Gasteiger partial charge in [-0.15, -0.1) is 0 Å². The van der Waals surface area contributed by atoms with Crippen LogP contribution in [0.15, 0.2) is 83.9 Å². The van der Waals surface area contributed by atoms with Gasteiger partial charge in [0.15, 0.2) is 23.1 Å². The topological polar surface area (TPSA) is 68.3 Å². The van der Waals surface area contributed by atoms with Crippen molar-refractivity contribution in [1.82, 2.24) is 0 Å². The molecule has 0 heterocycles. The van der Waals surface area contributed by atoms with Gasteiger partial charge in [0.2, 0.25) is 0 Å². The molecule has 0 N–H and O–H groups in total. The van der Waals surface area contributed by atoms with Crippen LogP contribution in [0.25, 0.3) is 0 Å². The molecule has 3 aliphatic carbocycles. The van der Waals surface area contributed by atoms with Crippen LogP contribution in [-0.2, 0) is 0 Å².